The minimum Gasteiger partial charge on any atom is -0.457 e. The minimum absolute atomic E-state index is 0.495. The molecule has 0 bridgehead atoms. The fourth-order valence-corrected chi connectivity index (χ4v) is 2.55. The molecule has 0 atom stereocenters. The van der Waals surface area contributed by atoms with Gasteiger partial charge in [0.05, 0.1) is 0 Å². The van der Waals surface area contributed by atoms with Crippen LogP contribution in [0.1, 0.15) is 0 Å². The van der Waals surface area contributed by atoms with E-state index in [0.29, 0.717) is 5.15 Å². The van der Waals surface area contributed by atoms with Crippen molar-refractivity contribution in [2.75, 3.05) is 5.32 Å². The summed E-state index contributed by atoms with van der Waals surface area (Å²) < 4.78 is 5.78. The molecule has 0 spiro atoms. The van der Waals surface area contributed by atoms with E-state index in [1.807, 2.05) is 54.6 Å². The van der Waals surface area contributed by atoms with Crippen molar-refractivity contribution in [2.45, 2.75) is 0 Å². The molecule has 1 aromatic heterocycles. The highest BCUT2D eigenvalue weighted by Crippen LogP contribution is 2.27. The quantitative estimate of drug-likeness (QED) is 0.707. The number of thiazole rings is 1. The highest BCUT2D eigenvalue weighted by Gasteiger charge is 2.02. The van der Waals surface area contributed by atoms with Crippen molar-refractivity contribution in [3.8, 4) is 11.5 Å². The molecule has 3 rings (SSSR count). The maximum atomic E-state index is 5.80. The predicted octanol–water partition coefficient (Wildman–Crippen LogP) is 5.33. The lowest BCUT2D eigenvalue weighted by molar-refractivity contribution is 0.483. The monoisotopic (exact) mass is 302 g/mol. The molecule has 0 aliphatic carbocycles. The molecule has 0 saturated heterocycles. The number of para-hydroxylation sites is 1. The van der Waals surface area contributed by atoms with Crippen LogP contribution in [0.15, 0.2) is 60.0 Å². The van der Waals surface area contributed by atoms with Crippen molar-refractivity contribution in [1.82, 2.24) is 4.98 Å². The van der Waals surface area contributed by atoms with Gasteiger partial charge in [0.1, 0.15) is 16.7 Å². The molecule has 0 aliphatic rings. The average molecular weight is 303 g/mol. The molecule has 0 radical (unpaired) electrons. The molecule has 0 aliphatic heterocycles. The van der Waals surface area contributed by atoms with Crippen molar-refractivity contribution in [2.24, 2.45) is 0 Å². The molecule has 0 unspecified atom stereocenters. The first-order valence-electron chi connectivity index (χ1n) is 6.00. The van der Waals surface area contributed by atoms with Crippen molar-refractivity contribution >= 4 is 33.8 Å². The average Bonchev–Trinajstić information content (AvgIpc) is 2.86. The van der Waals surface area contributed by atoms with Gasteiger partial charge in [0.2, 0.25) is 0 Å². The van der Waals surface area contributed by atoms with E-state index in [1.54, 1.807) is 5.38 Å². The van der Waals surface area contributed by atoms with Crippen LogP contribution in [-0.4, -0.2) is 4.98 Å². The molecule has 5 heteroatoms. The number of benzene rings is 2. The Hall–Kier alpha value is -2.04. The number of aromatic nitrogens is 1. The summed E-state index contributed by atoms with van der Waals surface area (Å²) in [7, 11) is 0. The molecule has 0 saturated carbocycles. The van der Waals surface area contributed by atoms with Crippen LogP contribution in [0, 0.1) is 0 Å². The third-order valence-electron chi connectivity index (χ3n) is 2.54. The smallest absolute Gasteiger partial charge is 0.188 e. The number of halogens is 1. The summed E-state index contributed by atoms with van der Waals surface area (Å²) in [6.07, 6.45) is 0. The van der Waals surface area contributed by atoms with Crippen LogP contribution >= 0.6 is 22.9 Å². The van der Waals surface area contributed by atoms with Crippen molar-refractivity contribution in [3.05, 3.63) is 65.1 Å². The maximum absolute atomic E-state index is 5.80. The minimum atomic E-state index is 0.495. The molecular formula is C15H11ClN2OS. The molecule has 0 fully saturated rings. The van der Waals surface area contributed by atoms with Gasteiger partial charge in [-0.15, -0.1) is 11.3 Å². The first-order valence-corrected chi connectivity index (χ1v) is 7.26. The Morgan fingerprint density at radius 3 is 2.55 bits per heavy atom. The normalized spacial score (nSPS) is 10.2. The van der Waals surface area contributed by atoms with Crippen LogP contribution < -0.4 is 10.1 Å². The Bertz CT molecular complexity index is 700. The van der Waals surface area contributed by atoms with Crippen LogP contribution in [-0.2, 0) is 0 Å². The zero-order valence-electron chi connectivity index (χ0n) is 10.4. The van der Waals surface area contributed by atoms with Gasteiger partial charge in [-0.1, -0.05) is 35.9 Å². The molecular weight excluding hydrogens is 292 g/mol. The van der Waals surface area contributed by atoms with Gasteiger partial charge in [-0.25, -0.2) is 4.98 Å². The van der Waals surface area contributed by atoms with Gasteiger partial charge < -0.3 is 10.1 Å². The first kappa shape index (κ1) is 13.0. The topological polar surface area (TPSA) is 34.1 Å². The number of hydrogen-bond acceptors (Lipinski definition) is 4. The van der Waals surface area contributed by atoms with Crippen molar-refractivity contribution in [1.29, 1.82) is 0 Å². The summed E-state index contributed by atoms with van der Waals surface area (Å²) in [6.45, 7) is 0. The molecule has 1 N–H and O–H groups in total. The van der Waals surface area contributed by atoms with Gasteiger partial charge in [0.15, 0.2) is 5.13 Å². The van der Waals surface area contributed by atoms with Gasteiger partial charge >= 0.3 is 0 Å². The predicted molar refractivity (Wildman–Crippen MR) is 83.4 cm³/mol. The fourth-order valence-electron chi connectivity index (χ4n) is 1.70. The lowest BCUT2D eigenvalue weighted by atomic mass is 10.3. The summed E-state index contributed by atoms with van der Waals surface area (Å²) in [5.74, 6) is 1.57. The Morgan fingerprint density at radius 2 is 1.80 bits per heavy atom. The highest BCUT2D eigenvalue weighted by molar-refractivity contribution is 7.14. The van der Waals surface area contributed by atoms with E-state index in [0.717, 1.165) is 22.3 Å². The Labute approximate surface area is 125 Å². The van der Waals surface area contributed by atoms with Gasteiger partial charge in [-0.3, -0.25) is 0 Å². The largest absolute Gasteiger partial charge is 0.457 e. The first-order chi connectivity index (χ1) is 9.79. The zero-order valence-corrected chi connectivity index (χ0v) is 12.0. The maximum Gasteiger partial charge on any atom is 0.188 e. The van der Waals surface area contributed by atoms with Crippen molar-refractivity contribution in [3.63, 3.8) is 0 Å². The Morgan fingerprint density at radius 1 is 1.00 bits per heavy atom. The second kappa shape index (κ2) is 5.94. The fraction of sp³-hybridized carbons (Fsp3) is 0. The zero-order chi connectivity index (χ0) is 13.8. The van der Waals surface area contributed by atoms with Crippen LogP contribution in [0.5, 0.6) is 11.5 Å². The number of rotatable bonds is 4. The van der Waals surface area contributed by atoms with Crippen molar-refractivity contribution < 1.29 is 4.74 Å². The van der Waals surface area contributed by atoms with E-state index < -0.39 is 0 Å². The standard InChI is InChI=1S/C15H11ClN2OS/c16-14-10-20-15(18-14)17-11-5-4-8-13(9-11)19-12-6-2-1-3-7-12/h1-10H,(H,17,18). The van der Waals surface area contributed by atoms with Gasteiger partial charge in [0, 0.05) is 17.1 Å². The van der Waals surface area contributed by atoms with Gasteiger partial charge in [0.25, 0.3) is 0 Å². The number of hydrogen-bond donors (Lipinski definition) is 1. The lowest BCUT2D eigenvalue weighted by Gasteiger charge is -2.08. The van der Waals surface area contributed by atoms with E-state index in [-0.39, 0.29) is 0 Å². The van der Waals surface area contributed by atoms with Crippen LogP contribution in [0.4, 0.5) is 10.8 Å². The van der Waals surface area contributed by atoms with Crippen LogP contribution in [0.2, 0.25) is 5.15 Å². The number of nitrogens with one attached hydrogen (secondary N) is 1. The van der Waals surface area contributed by atoms with Gasteiger partial charge in [-0.2, -0.15) is 0 Å². The molecule has 1 heterocycles. The summed E-state index contributed by atoms with van der Waals surface area (Å²) >= 11 is 7.26. The molecule has 0 amide bonds. The summed E-state index contributed by atoms with van der Waals surface area (Å²) in [5, 5.41) is 6.23. The second-order valence-corrected chi connectivity index (χ2v) is 5.29. The van der Waals surface area contributed by atoms with E-state index in [2.05, 4.69) is 10.3 Å². The molecule has 3 nitrogen and oxygen atoms in total. The second-order valence-electron chi connectivity index (χ2n) is 4.04. The van der Waals surface area contributed by atoms with Gasteiger partial charge in [-0.05, 0) is 24.3 Å². The van der Waals surface area contributed by atoms with E-state index in [4.69, 9.17) is 16.3 Å². The summed E-state index contributed by atoms with van der Waals surface area (Å²) in [4.78, 5) is 4.15. The van der Waals surface area contributed by atoms with E-state index in [1.165, 1.54) is 11.3 Å². The third kappa shape index (κ3) is 3.29. The Balaban J connectivity index is 1.76. The third-order valence-corrected chi connectivity index (χ3v) is 3.62. The molecule has 3 aromatic rings. The van der Waals surface area contributed by atoms with E-state index in [9.17, 15) is 0 Å². The highest BCUT2D eigenvalue weighted by atomic mass is 35.5. The Kier molecular flexibility index (Phi) is 3.85. The SMILES string of the molecule is Clc1csc(Nc2cccc(Oc3ccccc3)c2)n1. The van der Waals surface area contributed by atoms with Crippen LogP contribution in [0.3, 0.4) is 0 Å². The number of ether oxygens (including phenoxy) is 1. The summed E-state index contributed by atoms with van der Waals surface area (Å²) in [5.41, 5.74) is 0.907. The molecule has 100 valence electrons. The molecule has 20 heavy (non-hydrogen) atoms. The number of nitrogens with zero attached hydrogens (tertiary/aromatic N) is 1. The number of anilines is 2. The lowest BCUT2D eigenvalue weighted by Crippen LogP contribution is -1.90. The van der Waals surface area contributed by atoms with Crippen LogP contribution in [0.25, 0.3) is 0 Å². The summed E-state index contributed by atoms with van der Waals surface area (Å²) in [6, 6.07) is 17.4. The van der Waals surface area contributed by atoms with E-state index >= 15 is 0 Å². The molecule has 2 aromatic carbocycles.